The number of methoxy groups -OCH3 is 1. The fourth-order valence-corrected chi connectivity index (χ4v) is 8.80. The first-order valence-electron chi connectivity index (χ1n) is 10.1. The quantitative estimate of drug-likeness (QED) is 0.563. The molecule has 154 valence electrons. The fourth-order valence-electron chi connectivity index (χ4n) is 4.14. The van der Waals surface area contributed by atoms with Gasteiger partial charge >= 0.3 is 0 Å². The molecule has 1 atom stereocenters. The SMILES string of the molecule is COCNC(=O)C1=CC(O[Si](c2ccccc2)(c2ccccc2)C(C)(C)C)CC1. The van der Waals surface area contributed by atoms with Crippen molar-refractivity contribution in [1.82, 2.24) is 5.32 Å². The summed E-state index contributed by atoms with van der Waals surface area (Å²) in [5.41, 5.74) is 0.782. The van der Waals surface area contributed by atoms with Gasteiger partial charge in [0, 0.05) is 12.7 Å². The van der Waals surface area contributed by atoms with Gasteiger partial charge in [0.2, 0.25) is 5.91 Å². The molecule has 1 N–H and O–H groups in total. The zero-order chi connectivity index (χ0) is 20.9. The van der Waals surface area contributed by atoms with Crippen molar-refractivity contribution in [2.75, 3.05) is 13.8 Å². The van der Waals surface area contributed by atoms with E-state index in [1.165, 1.54) is 10.4 Å². The lowest BCUT2D eigenvalue weighted by Gasteiger charge is -2.44. The van der Waals surface area contributed by atoms with Crippen molar-refractivity contribution >= 4 is 24.6 Å². The topological polar surface area (TPSA) is 47.6 Å². The molecule has 29 heavy (non-hydrogen) atoms. The highest BCUT2D eigenvalue weighted by Gasteiger charge is 2.51. The number of hydrogen-bond acceptors (Lipinski definition) is 3. The van der Waals surface area contributed by atoms with Crippen molar-refractivity contribution in [2.45, 2.75) is 44.8 Å². The van der Waals surface area contributed by atoms with Crippen LogP contribution in [0.25, 0.3) is 0 Å². The Morgan fingerprint density at radius 1 is 1.03 bits per heavy atom. The van der Waals surface area contributed by atoms with E-state index in [2.05, 4.69) is 74.6 Å². The Kier molecular flexibility index (Phi) is 6.73. The Morgan fingerprint density at radius 2 is 1.59 bits per heavy atom. The van der Waals surface area contributed by atoms with E-state index in [0.717, 1.165) is 18.4 Å². The molecule has 0 fully saturated rings. The van der Waals surface area contributed by atoms with Gasteiger partial charge in [0.25, 0.3) is 8.32 Å². The van der Waals surface area contributed by atoms with Gasteiger partial charge < -0.3 is 14.5 Å². The van der Waals surface area contributed by atoms with Crippen molar-refractivity contribution in [3.8, 4) is 0 Å². The number of amides is 1. The Balaban J connectivity index is 2.01. The van der Waals surface area contributed by atoms with Crippen LogP contribution in [-0.2, 0) is 14.0 Å². The monoisotopic (exact) mass is 409 g/mol. The van der Waals surface area contributed by atoms with E-state index in [1.54, 1.807) is 7.11 Å². The summed E-state index contributed by atoms with van der Waals surface area (Å²) in [6.07, 6.45) is 3.47. The number of nitrogens with one attached hydrogen (secondary N) is 1. The van der Waals surface area contributed by atoms with Crippen molar-refractivity contribution in [3.63, 3.8) is 0 Å². The highest BCUT2D eigenvalue weighted by Crippen LogP contribution is 2.39. The molecule has 2 aromatic carbocycles. The predicted octanol–water partition coefficient (Wildman–Crippen LogP) is 3.37. The zero-order valence-corrected chi connectivity index (χ0v) is 18.8. The summed E-state index contributed by atoms with van der Waals surface area (Å²) in [5, 5.41) is 5.21. The maximum Gasteiger partial charge on any atom is 0.261 e. The molecule has 2 aromatic rings. The van der Waals surface area contributed by atoms with Crippen molar-refractivity contribution < 1.29 is 14.0 Å². The van der Waals surface area contributed by atoms with Crippen molar-refractivity contribution in [1.29, 1.82) is 0 Å². The largest absolute Gasteiger partial charge is 0.401 e. The summed E-state index contributed by atoms with van der Waals surface area (Å²) >= 11 is 0. The van der Waals surface area contributed by atoms with E-state index >= 15 is 0 Å². The molecule has 3 rings (SSSR count). The number of carbonyl (C=O) groups is 1. The third-order valence-electron chi connectivity index (χ3n) is 5.50. The second-order valence-electron chi connectivity index (χ2n) is 8.49. The van der Waals surface area contributed by atoms with Gasteiger partial charge in [0.15, 0.2) is 0 Å². The van der Waals surface area contributed by atoms with Crippen LogP contribution in [-0.4, -0.2) is 34.2 Å². The molecule has 1 unspecified atom stereocenters. The van der Waals surface area contributed by atoms with Crippen LogP contribution in [0.4, 0.5) is 0 Å². The summed E-state index contributed by atoms with van der Waals surface area (Å²) in [6.45, 7) is 7.02. The number of rotatable bonds is 7. The van der Waals surface area contributed by atoms with Crippen LogP contribution < -0.4 is 15.7 Å². The summed E-state index contributed by atoms with van der Waals surface area (Å²) in [5.74, 6) is -0.0691. The molecule has 1 amide bonds. The maximum absolute atomic E-state index is 12.3. The lowest BCUT2D eigenvalue weighted by molar-refractivity contribution is -0.119. The lowest BCUT2D eigenvalue weighted by atomic mass is 10.2. The molecule has 0 bridgehead atoms. The van der Waals surface area contributed by atoms with E-state index < -0.39 is 8.32 Å². The van der Waals surface area contributed by atoms with Crippen LogP contribution >= 0.6 is 0 Å². The summed E-state index contributed by atoms with van der Waals surface area (Å²) < 4.78 is 12.0. The van der Waals surface area contributed by atoms with Gasteiger partial charge in [-0.2, -0.15) is 0 Å². The molecule has 1 aliphatic carbocycles. The van der Waals surface area contributed by atoms with Crippen molar-refractivity contribution in [3.05, 3.63) is 72.3 Å². The van der Waals surface area contributed by atoms with Crippen molar-refractivity contribution in [2.24, 2.45) is 0 Å². The standard InChI is InChI=1S/C24H31NO3Si/c1-24(2,3)29(21-11-7-5-8-12-21,22-13-9-6-10-14-22)28-20-16-15-19(17-20)23(26)25-18-27-4/h5-14,17,20H,15-16,18H2,1-4H3,(H,25,26). The Labute approximate surface area is 175 Å². The van der Waals surface area contributed by atoms with Crippen LogP contribution in [0.2, 0.25) is 5.04 Å². The first-order chi connectivity index (χ1) is 13.9. The van der Waals surface area contributed by atoms with Gasteiger partial charge in [-0.1, -0.05) is 81.4 Å². The van der Waals surface area contributed by atoms with Gasteiger partial charge in [-0.3, -0.25) is 4.79 Å². The highest BCUT2D eigenvalue weighted by atomic mass is 28.4. The third-order valence-corrected chi connectivity index (χ3v) is 10.6. The van der Waals surface area contributed by atoms with Gasteiger partial charge in [0.1, 0.15) is 6.73 Å². The van der Waals surface area contributed by atoms with Crippen LogP contribution in [0.5, 0.6) is 0 Å². The van der Waals surface area contributed by atoms with Gasteiger partial charge in [0.05, 0.1) is 6.10 Å². The normalized spacial score (nSPS) is 17.1. The molecular formula is C24H31NO3Si. The summed E-state index contributed by atoms with van der Waals surface area (Å²) in [7, 11) is -1.04. The Hall–Kier alpha value is -2.21. The average Bonchev–Trinajstić information content (AvgIpc) is 3.19. The molecule has 4 nitrogen and oxygen atoms in total. The molecule has 0 saturated carbocycles. The molecule has 0 aromatic heterocycles. The van der Waals surface area contributed by atoms with Gasteiger partial charge in [-0.25, -0.2) is 0 Å². The summed E-state index contributed by atoms with van der Waals surface area (Å²) in [4.78, 5) is 12.3. The van der Waals surface area contributed by atoms with Crippen LogP contribution in [0.3, 0.4) is 0 Å². The fraction of sp³-hybridized carbons (Fsp3) is 0.375. The number of carbonyl (C=O) groups excluding carboxylic acids is 1. The van der Waals surface area contributed by atoms with Crippen LogP contribution in [0.1, 0.15) is 33.6 Å². The molecule has 0 aliphatic heterocycles. The highest BCUT2D eigenvalue weighted by molar-refractivity contribution is 6.99. The van der Waals surface area contributed by atoms with Gasteiger partial charge in [-0.15, -0.1) is 0 Å². The number of hydrogen-bond donors (Lipinski definition) is 1. The molecule has 0 spiro atoms. The first kappa shape index (κ1) is 21.5. The van der Waals surface area contributed by atoms with E-state index in [0.29, 0.717) is 0 Å². The maximum atomic E-state index is 12.3. The minimum Gasteiger partial charge on any atom is -0.401 e. The Morgan fingerprint density at radius 3 is 2.07 bits per heavy atom. The lowest BCUT2D eigenvalue weighted by Crippen LogP contribution is -2.67. The Bertz CT molecular complexity index is 804. The zero-order valence-electron chi connectivity index (χ0n) is 17.8. The molecule has 0 radical (unpaired) electrons. The molecule has 0 heterocycles. The minimum absolute atomic E-state index is 0.0691. The summed E-state index contributed by atoms with van der Waals surface area (Å²) in [6, 6.07) is 21.2. The number of benzene rings is 2. The second kappa shape index (κ2) is 9.07. The molecule has 0 saturated heterocycles. The molecule has 1 aliphatic rings. The number of ether oxygens (including phenoxy) is 1. The predicted molar refractivity (Wildman–Crippen MR) is 120 cm³/mol. The average molecular weight is 410 g/mol. The van der Waals surface area contributed by atoms with Crippen LogP contribution in [0.15, 0.2) is 72.3 Å². The van der Waals surface area contributed by atoms with E-state index in [9.17, 15) is 4.79 Å². The molecule has 5 heteroatoms. The van der Waals surface area contributed by atoms with Crippen LogP contribution in [0, 0.1) is 0 Å². The smallest absolute Gasteiger partial charge is 0.261 e. The van der Waals surface area contributed by atoms with E-state index in [4.69, 9.17) is 9.16 Å². The molecular weight excluding hydrogens is 378 g/mol. The first-order valence-corrected chi connectivity index (χ1v) is 12.1. The van der Waals surface area contributed by atoms with E-state index in [-0.39, 0.29) is 23.8 Å². The second-order valence-corrected chi connectivity index (χ2v) is 12.7. The third kappa shape index (κ3) is 4.52. The van der Waals surface area contributed by atoms with Gasteiger partial charge in [-0.05, 0) is 34.3 Å². The van der Waals surface area contributed by atoms with E-state index in [1.807, 2.05) is 18.2 Å². The minimum atomic E-state index is -2.61.